The summed E-state index contributed by atoms with van der Waals surface area (Å²) >= 11 is 0. The fraction of sp³-hybridized carbons (Fsp3) is 0. The molecule has 3 aromatic rings. The summed E-state index contributed by atoms with van der Waals surface area (Å²) < 4.78 is 0. The first kappa shape index (κ1) is 8.17. The van der Waals surface area contributed by atoms with Crippen LogP contribution in [-0.4, -0.2) is 9.97 Å². The summed E-state index contributed by atoms with van der Waals surface area (Å²) in [7, 11) is 0. The van der Waals surface area contributed by atoms with E-state index in [1.54, 1.807) is 12.3 Å². The molecule has 0 aliphatic carbocycles. The van der Waals surface area contributed by atoms with Gasteiger partial charge in [-0.15, -0.1) is 0 Å². The quantitative estimate of drug-likeness (QED) is 0.560. The predicted octanol–water partition coefficient (Wildman–Crippen LogP) is 2.37. The molecule has 2 N–H and O–H groups in total. The van der Waals surface area contributed by atoms with Gasteiger partial charge in [-0.2, -0.15) is 0 Å². The predicted molar refractivity (Wildman–Crippen MR) is 61.5 cm³/mol. The van der Waals surface area contributed by atoms with Gasteiger partial charge in [-0.05, 0) is 18.2 Å². The fourth-order valence-electron chi connectivity index (χ4n) is 1.69. The lowest BCUT2D eigenvalue weighted by Gasteiger charge is -2.02. The standard InChI is InChI=1S/C12H9N3/c13-10-5-6-14-12-9(10)7-8-3-1-2-4-11(8)15-12/h1-7H,(H2,13,14,15). The Labute approximate surface area is 86.6 Å². The molecule has 0 amide bonds. The minimum absolute atomic E-state index is 0.703. The molecule has 1 aromatic carbocycles. The zero-order valence-electron chi connectivity index (χ0n) is 8.01. The van der Waals surface area contributed by atoms with Gasteiger partial charge in [-0.25, -0.2) is 9.97 Å². The van der Waals surface area contributed by atoms with Gasteiger partial charge < -0.3 is 5.73 Å². The van der Waals surface area contributed by atoms with Gasteiger partial charge in [0, 0.05) is 22.7 Å². The SMILES string of the molecule is Nc1ccnc2nc3ccccc3cc12. The minimum Gasteiger partial charge on any atom is -0.398 e. The molecular weight excluding hydrogens is 186 g/mol. The van der Waals surface area contributed by atoms with E-state index in [1.165, 1.54) is 0 Å². The van der Waals surface area contributed by atoms with Gasteiger partial charge >= 0.3 is 0 Å². The van der Waals surface area contributed by atoms with Crippen LogP contribution >= 0.6 is 0 Å². The fourth-order valence-corrected chi connectivity index (χ4v) is 1.69. The van der Waals surface area contributed by atoms with E-state index in [0.29, 0.717) is 5.65 Å². The summed E-state index contributed by atoms with van der Waals surface area (Å²) in [6.45, 7) is 0. The van der Waals surface area contributed by atoms with Crippen molar-refractivity contribution in [3.8, 4) is 0 Å². The molecule has 0 aliphatic heterocycles. The van der Waals surface area contributed by atoms with Crippen molar-refractivity contribution in [2.45, 2.75) is 0 Å². The van der Waals surface area contributed by atoms with Crippen molar-refractivity contribution in [3.63, 3.8) is 0 Å². The monoisotopic (exact) mass is 195 g/mol. The number of nitrogens with two attached hydrogens (primary N) is 1. The van der Waals surface area contributed by atoms with Crippen LogP contribution in [0.3, 0.4) is 0 Å². The van der Waals surface area contributed by atoms with Crippen LogP contribution in [0.4, 0.5) is 5.69 Å². The summed E-state index contributed by atoms with van der Waals surface area (Å²) in [5.41, 5.74) is 8.24. The Hall–Kier alpha value is -2.16. The Morgan fingerprint density at radius 2 is 1.93 bits per heavy atom. The maximum absolute atomic E-state index is 5.87. The van der Waals surface area contributed by atoms with E-state index < -0.39 is 0 Å². The highest BCUT2D eigenvalue weighted by Crippen LogP contribution is 2.21. The average molecular weight is 195 g/mol. The molecule has 3 heteroatoms. The van der Waals surface area contributed by atoms with Gasteiger partial charge in [0.25, 0.3) is 0 Å². The third-order valence-corrected chi connectivity index (χ3v) is 2.47. The van der Waals surface area contributed by atoms with Crippen molar-refractivity contribution in [1.29, 1.82) is 0 Å². The molecule has 0 bridgehead atoms. The number of benzene rings is 1. The Bertz CT molecular complexity index is 646. The third kappa shape index (κ3) is 1.21. The number of anilines is 1. The molecule has 0 aliphatic rings. The second kappa shape index (κ2) is 2.92. The Balaban J connectivity index is 2.53. The van der Waals surface area contributed by atoms with Crippen molar-refractivity contribution in [3.05, 3.63) is 42.6 Å². The summed E-state index contributed by atoms with van der Waals surface area (Å²) in [5, 5.41) is 2.00. The highest BCUT2D eigenvalue weighted by atomic mass is 14.8. The summed E-state index contributed by atoms with van der Waals surface area (Å²) in [6, 6.07) is 11.8. The zero-order chi connectivity index (χ0) is 10.3. The molecule has 0 saturated heterocycles. The van der Waals surface area contributed by atoms with E-state index >= 15 is 0 Å². The average Bonchev–Trinajstić information content (AvgIpc) is 2.27. The Kier molecular flexibility index (Phi) is 1.59. The molecule has 0 radical (unpaired) electrons. The van der Waals surface area contributed by atoms with Crippen molar-refractivity contribution >= 4 is 27.6 Å². The number of para-hydroxylation sites is 1. The van der Waals surface area contributed by atoms with Crippen LogP contribution < -0.4 is 5.73 Å². The molecule has 3 rings (SSSR count). The van der Waals surface area contributed by atoms with E-state index in [4.69, 9.17) is 5.73 Å². The number of rotatable bonds is 0. The van der Waals surface area contributed by atoms with Gasteiger partial charge in [0.1, 0.15) is 0 Å². The van der Waals surface area contributed by atoms with Crippen molar-refractivity contribution in [2.75, 3.05) is 5.73 Å². The van der Waals surface area contributed by atoms with Crippen molar-refractivity contribution in [2.24, 2.45) is 0 Å². The van der Waals surface area contributed by atoms with Crippen molar-refractivity contribution < 1.29 is 0 Å². The number of aromatic nitrogens is 2. The maximum Gasteiger partial charge on any atom is 0.161 e. The summed E-state index contributed by atoms with van der Waals surface area (Å²) in [6.07, 6.45) is 1.68. The van der Waals surface area contributed by atoms with Gasteiger partial charge in [-0.3, -0.25) is 0 Å². The minimum atomic E-state index is 0.703. The first-order valence-corrected chi connectivity index (χ1v) is 4.74. The van der Waals surface area contributed by atoms with E-state index in [0.717, 1.165) is 22.0 Å². The number of hydrogen-bond acceptors (Lipinski definition) is 3. The molecule has 0 unspecified atom stereocenters. The Morgan fingerprint density at radius 1 is 1.07 bits per heavy atom. The Morgan fingerprint density at radius 3 is 2.87 bits per heavy atom. The molecule has 3 nitrogen and oxygen atoms in total. The van der Waals surface area contributed by atoms with E-state index in [-0.39, 0.29) is 0 Å². The zero-order valence-corrected chi connectivity index (χ0v) is 8.01. The van der Waals surface area contributed by atoms with Crippen LogP contribution in [0.25, 0.3) is 21.9 Å². The van der Waals surface area contributed by atoms with E-state index in [2.05, 4.69) is 9.97 Å². The van der Waals surface area contributed by atoms with Crippen LogP contribution in [0.15, 0.2) is 42.6 Å². The highest BCUT2D eigenvalue weighted by molar-refractivity contribution is 5.96. The lowest BCUT2D eigenvalue weighted by atomic mass is 10.1. The molecule has 0 fully saturated rings. The molecule has 0 spiro atoms. The molecule has 72 valence electrons. The molecule has 2 heterocycles. The van der Waals surface area contributed by atoms with E-state index in [9.17, 15) is 0 Å². The van der Waals surface area contributed by atoms with Crippen LogP contribution in [0.1, 0.15) is 0 Å². The normalized spacial score (nSPS) is 10.9. The molecule has 2 aromatic heterocycles. The van der Waals surface area contributed by atoms with E-state index in [1.807, 2.05) is 30.3 Å². The van der Waals surface area contributed by atoms with Crippen LogP contribution in [0, 0.1) is 0 Å². The summed E-state index contributed by atoms with van der Waals surface area (Å²) in [4.78, 5) is 8.65. The second-order valence-corrected chi connectivity index (χ2v) is 3.45. The largest absolute Gasteiger partial charge is 0.398 e. The van der Waals surface area contributed by atoms with Gasteiger partial charge in [0.15, 0.2) is 5.65 Å². The van der Waals surface area contributed by atoms with Gasteiger partial charge in [0.05, 0.1) is 5.52 Å². The van der Waals surface area contributed by atoms with Crippen LogP contribution in [-0.2, 0) is 0 Å². The number of fused-ring (bicyclic) bond motifs is 2. The van der Waals surface area contributed by atoms with Crippen LogP contribution in [0.5, 0.6) is 0 Å². The second-order valence-electron chi connectivity index (χ2n) is 3.45. The van der Waals surface area contributed by atoms with Gasteiger partial charge in [0.2, 0.25) is 0 Å². The third-order valence-electron chi connectivity index (χ3n) is 2.47. The first-order valence-electron chi connectivity index (χ1n) is 4.74. The number of nitrogen functional groups attached to an aromatic ring is 1. The number of nitrogens with zero attached hydrogens (tertiary/aromatic N) is 2. The summed E-state index contributed by atoms with van der Waals surface area (Å²) in [5.74, 6) is 0. The van der Waals surface area contributed by atoms with Crippen LogP contribution in [0.2, 0.25) is 0 Å². The number of pyridine rings is 2. The molecule has 0 atom stereocenters. The van der Waals surface area contributed by atoms with Crippen molar-refractivity contribution in [1.82, 2.24) is 9.97 Å². The highest BCUT2D eigenvalue weighted by Gasteiger charge is 2.02. The lowest BCUT2D eigenvalue weighted by molar-refractivity contribution is 1.33. The molecule has 15 heavy (non-hydrogen) atoms. The molecular formula is C12H9N3. The number of hydrogen-bond donors (Lipinski definition) is 1. The van der Waals surface area contributed by atoms with Gasteiger partial charge in [-0.1, -0.05) is 18.2 Å². The first-order chi connectivity index (χ1) is 7.34. The topological polar surface area (TPSA) is 51.8 Å². The lowest BCUT2D eigenvalue weighted by Crippen LogP contribution is -1.91. The smallest absolute Gasteiger partial charge is 0.161 e. The molecule has 0 saturated carbocycles. The maximum atomic E-state index is 5.87.